The molecule has 3 rings (SSSR count). The summed E-state index contributed by atoms with van der Waals surface area (Å²) in [7, 11) is -3.41. The van der Waals surface area contributed by atoms with Crippen molar-refractivity contribution in [2.45, 2.75) is 33.4 Å². The highest BCUT2D eigenvalue weighted by Crippen LogP contribution is 2.17. The lowest BCUT2D eigenvalue weighted by molar-refractivity contribution is 0.139. The molecule has 0 bridgehead atoms. The van der Waals surface area contributed by atoms with E-state index in [9.17, 15) is 8.42 Å². The van der Waals surface area contributed by atoms with Crippen LogP contribution < -0.4 is 4.74 Å². The average molecular weight is 394 g/mol. The van der Waals surface area contributed by atoms with Gasteiger partial charge in [-0.05, 0) is 37.1 Å². The summed E-state index contributed by atoms with van der Waals surface area (Å²) >= 11 is 0. The zero-order chi connectivity index (χ0) is 19.4. The molecule has 0 saturated carbocycles. The zero-order valence-electron chi connectivity index (χ0n) is 16.0. The molecule has 148 valence electrons. The van der Waals surface area contributed by atoms with E-state index in [1.54, 1.807) is 0 Å². The zero-order valence-corrected chi connectivity index (χ0v) is 16.8. The molecule has 0 unspecified atom stereocenters. The van der Waals surface area contributed by atoms with Gasteiger partial charge < -0.3 is 14.0 Å². The highest BCUT2D eigenvalue weighted by molar-refractivity contribution is 7.88. The molecule has 0 aliphatic carbocycles. The molecule has 9 heteroatoms. The monoisotopic (exact) mass is 394 g/mol. The minimum atomic E-state index is -3.41. The fraction of sp³-hybridized carbons (Fsp3) is 0.556. The van der Waals surface area contributed by atoms with E-state index in [0.29, 0.717) is 32.0 Å². The fourth-order valence-corrected chi connectivity index (χ4v) is 3.91. The molecule has 1 aliphatic rings. The van der Waals surface area contributed by atoms with Crippen LogP contribution in [0.3, 0.4) is 0 Å². The van der Waals surface area contributed by atoms with Crippen molar-refractivity contribution >= 4 is 10.0 Å². The Morgan fingerprint density at radius 1 is 1.19 bits per heavy atom. The molecule has 1 aromatic carbocycles. The Hall–Kier alpha value is -1.97. The maximum atomic E-state index is 12.2. The molecule has 0 atom stereocenters. The van der Waals surface area contributed by atoms with Crippen molar-refractivity contribution in [1.82, 2.24) is 19.1 Å². The minimum absolute atomic E-state index is 0.169. The second-order valence-electron chi connectivity index (χ2n) is 6.81. The molecule has 2 aromatic rings. The average Bonchev–Trinajstić information content (AvgIpc) is 2.79. The molecule has 0 radical (unpaired) electrons. The number of hydrogen-bond acceptors (Lipinski definition) is 6. The lowest BCUT2D eigenvalue weighted by Crippen LogP contribution is -2.34. The lowest BCUT2D eigenvalue weighted by Gasteiger charge is -2.20. The van der Waals surface area contributed by atoms with Crippen molar-refractivity contribution in [3.05, 3.63) is 41.0 Å². The maximum absolute atomic E-state index is 12.2. The fourth-order valence-electron chi connectivity index (χ4n) is 3.16. The third kappa shape index (κ3) is 5.27. The Kier molecular flexibility index (Phi) is 6.13. The van der Waals surface area contributed by atoms with Crippen LogP contribution in [-0.2, 0) is 34.3 Å². The van der Waals surface area contributed by atoms with E-state index in [2.05, 4.69) is 16.3 Å². The van der Waals surface area contributed by atoms with Crippen molar-refractivity contribution in [3.8, 4) is 5.75 Å². The van der Waals surface area contributed by atoms with Gasteiger partial charge in [-0.3, -0.25) is 0 Å². The van der Waals surface area contributed by atoms with E-state index < -0.39 is 10.0 Å². The van der Waals surface area contributed by atoms with Crippen LogP contribution in [0.2, 0.25) is 0 Å². The van der Waals surface area contributed by atoms with Gasteiger partial charge in [0.05, 0.1) is 26.0 Å². The number of ether oxygens (including phenoxy) is 2. The van der Waals surface area contributed by atoms with Crippen LogP contribution in [0.25, 0.3) is 0 Å². The first-order chi connectivity index (χ1) is 12.8. The predicted octanol–water partition coefficient (Wildman–Crippen LogP) is 1.31. The van der Waals surface area contributed by atoms with Crippen LogP contribution >= 0.6 is 0 Å². The number of rotatable bonds is 7. The largest absolute Gasteiger partial charge is 0.492 e. The van der Waals surface area contributed by atoms with Crippen molar-refractivity contribution in [1.29, 1.82) is 0 Å². The summed E-state index contributed by atoms with van der Waals surface area (Å²) < 4.78 is 39.0. The SMILES string of the molecule is Cc1cc(C)cc(OCCN(Cc2nnc3n2CCOCC3)S(C)(=O)=O)c1. The number of nitrogens with zero attached hydrogens (tertiary/aromatic N) is 4. The summed E-state index contributed by atoms with van der Waals surface area (Å²) in [5.74, 6) is 2.21. The van der Waals surface area contributed by atoms with Crippen molar-refractivity contribution in [2.75, 3.05) is 32.6 Å². The Labute approximate surface area is 160 Å². The van der Waals surface area contributed by atoms with Crippen molar-refractivity contribution in [2.24, 2.45) is 0 Å². The van der Waals surface area contributed by atoms with Gasteiger partial charge in [-0.15, -0.1) is 10.2 Å². The lowest BCUT2D eigenvalue weighted by atomic mass is 10.1. The van der Waals surface area contributed by atoms with Gasteiger partial charge in [0, 0.05) is 19.5 Å². The van der Waals surface area contributed by atoms with Crippen molar-refractivity contribution < 1.29 is 17.9 Å². The van der Waals surface area contributed by atoms with E-state index in [1.807, 2.05) is 30.5 Å². The molecule has 8 nitrogen and oxygen atoms in total. The van der Waals surface area contributed by atoms with Crippen LogP contribution in [0.15, 0.2) is 18.2 Å². The number of fused-ring (bicyclic) bond motifs is 1. The van der Waals surface area contributed by atoms with E-state index >= 15 is 0 Å². The molecule has 27 heavy (non-hydrogen) atoms. The van der Waals surface area contributed by atoms with Crippen molar-refractivity contribution in [3.63, 3.8) is 0 Å². The Morgan fingerprint density at radius 3 is 2.63 bits per heavy atom. The third-order valence-electron chi connectivity index (χ3n) is 4.42. The van der Waals surface area contributed by atoms with Crippen LogP contribution in [0.1, 0.15) is 22.8 Å². The molecular weight excluding hydrogens is 368 g/mol. The first kappa shape index (κ1) is 19.8. The maximum Gasteiger partial charge on any atom is 0.211 e. The molecule has 1 aliphatic heterocycles. The molecule has 0 spiro atoms. The molecule has 0 saturated heterocycles. The summed E-state index contributed by atoms with van der Waals surface area (Å²) in [6.45, 7) is 6.50. The van der Waals surface area contributed by atoms with Gasteiger partial charge in [0.1, 0.15) is 24.0 Å². The summed E-state index contributed by atoms with van der Waals surface area (Å²) in [5.41, 5.74) is 2.22. The highest BCUT2D eigenvalue weighted by atomic mass is 32.2. The van der Waals surface area contributed by atoms with E-state index in [0.717, 1.165) is 22.7 Å². The van der Waals surface area contributed by atoms with Gasteiger partial charge in [0.25, 0.3) is 0 Å². The van der Waals surface area contributed by atoms with Gasteiger partial charge in [-0.1, -0.05) is 6.07 Å². The Bertz CT molecular complexity index is 875. The standard InChI is InChI=1S/C18H26N4O4S/c1-14-10-15(2)12-16(11-14)26-9-5-21(27(3,23)24)13-18-20-19-17-4-7-25-8-6-22(17)18/h10-12H,4-9,13H2,1-3H3. The highest BCUT2D eigenvalue weighted by Gasteiger charge is 2.22. The van der Waals surface area contributed by atoms with Gasteiger partial charge in [-0.2, -0.15) is 4.31 Å². The topological polar surface area (TPSA) is 86.5 Å². The molecule has 0 N–H and O–H groups in total. The quantitative estimate of drug-likeness (QED) is 0.704. The van der Waals surface area contributed by atoms with E-state index in [-0.39, 0.29) is 19.7 Å². The smallest absolute Gasteiger partial charge is 0.211 e. The van der Waals surface area contributed by atoms with Crippen LogP contribution in [0.4, 0.5) is 0 Å². The molecule has 0 amide bonds. The number of benzene rings is 1. The first-order valence-electron chi connectivity index (χ1n) is 8.98. The summed E-state index contributed by atoms with van der Waals surface area (Å²) in [5, 5.41) is 8.37. The van der Waals surface area contributed by atoms with Gasteiger partial charge in [0.2, 0.25) is 10.0 Å². The molecule has 0 fully saturated rings. The third-order valence-corrected chi connectivity index (χ3v) is 5.67. The molecule has 1 aromatic heterocycles. The summed E-state index contributed by atoms with van der Waals surface area (Å²) in [4.78, 5) is 0. The van der Waals surface area contributed by atoms with Crippen LogP contribution in [0, 0.1) is 13.8 Å². The second kappa shape index (κ2) is 8.37. The van der Waals surface area contributed by atoms with E-state index in [1.165, 1.54) is 10.6 Å². The number of sulfonamides is 1. The van der Waals surface area contributed by atoms with Gasteiger partial charge >= 0.3 is 0 Å². The Morgan fingerprint density at radius 2 is 1.93 bits per heavy atom. The first-order valence-corrected chi connectivity index (χ1v) is 10.8. The van der Waals surface area contributed by atoms with Crippen LogP contribution in [-0.4, -0.2) is 60.1 Å². The van der Waals surface area contributed by atoms with E-state index in [4.69, 9.17) is 9.47 Å². The number of aryl methyl sites for hydroxylation is 2. The predicted molar refractivity (Wildman–Crippen MR) is 101 cm³/mol. The normalized spacial score (nSPS) is 14.8. The summed E-state index contributed by atoms with van der Waals surface area (Å²) in [6, 6.07) is 5.95. The number of aromatic nitrogens is 3. The Balaban J connectivity index is 1.67. The van der Waals surface area contributed by atoms with Crippen LogP contribution in [0.5, 0.6) is 5.75 Å². The van der Waals surface area contributed by atoms with Gasteiger partial charge in [-0.25, -0.2) is 8.42 Å². The number of hydrogen-bond donors (Lipinski definition) is 0. The molecular formula is C18H26N4O4S. The molecule has 2 heterocycles. The van der Waals surface area contributed by atoms with Gasteiger partial charge in [0.15, 0.2) is 0 Å². The summed E-state index contributed by atoms with van der Waals surface area (Å²) in [6.07, 6.45) is 1.88. The second-order valence-corrected chi connectivity index (χ2v) is 8.80. The minimum Gasteiger partial charge on any atom is -0.492 e.